The van der Waals surface area contributed by atoms with Crippen molar-refractivity contribution in [1.82, 2.24) is 0 Å². The van der Waals surface area contributed by atoms with E-state index < -0.39 is 35.1 Å². The standard InChI is InChI=1S/C40H42O9/c1-27-7-15-31(16-8-27)35(41)46-25-39(5,48-37(43)33-19-11-29(3)12-20-33)23-45-24-40(6,49-38(44)34-21-13-30(4)14-22-34)26-47-36(42)32-17-9-28(2)10-18-32/h7-22H,23-26H2,1-6H3. The Labute approximate surface area is 287 Å². The zero-order valence-corrected chi connectivity index (χ0v) is 28.7. The zero-order valence-electron chi connectivity index (χ0n) is 28.7. The van der Waals surface area contributed by atoms with E-state index in [1.165, 1.54) is 0 Å². The van der Waals surface area contributed by atoms with E-state index >= 15 is 0 Å². The third kappa shape index (κ3) is 10.9. The first kappa shape index (κ1) is 36.6. The maximum Gasteiger partial charge on any atom is 0.338 e. The summed E-state index contributed by atoms with van der Waals surface area (Å²) >= 11 is 0. The van der Waals surface area contributed by atoms with E-state index in [0.717, 1.165) is 22.3 Å². The Morgan fingerprint density at radius 2 is 0.653 bits per heavy atom. The molecule has 0 aliphatic rings. The number of esters is 4. The van der Waals surface area contributed by atoms with E-state index in [4.69, 9.17) is 23.7 Å². The number of hydrogen-bond acceptors (Lipinski definition) is 9. The quantitative estimate of drug-likeness (QED) is 0.102. The number of aryl methyl sites for hydroxylation is 4. The normalized spacial score (nSPS) is 13.3. The Hall–Kier alpha value is -5.28. The first-order chi connectivity index (χ1) is 23.2. The zero-order chi connectivity index (χ0) is 35.6. The van der Waals surface area contributed by atoms with Crippen molar-refractivity contribution < 1.29 is 42.9 Å². The Balaban J connectivity index is 1.51. The molecule has 0 bridgehead atoms. The van der Waals surface area contributed by atoms with Crippen molar-refractivity contribution in [2.24, 2.45) is 0 Å². The minimum atomic E-state index is -1.46. The molecule has 9 nitrogen and oxygen atoms in total. The maximum atomic E-state index is 13.2. The molecule has 0 fully saturated rings. The highest BCUT2D eigenvalue weighted by molar-refractivity contribution is 5.91. The molecule has 0 amide bonds. The fourth-order valence-corrected chi connectivity index (χ4v) is 4.61. The first-order valence-electron chi connectivity index (χ1n) is 15.9. The molecule has 0 heterocycles. The van der Waals surface area contributed by atoms with E-state index in [9.17, 15) is 19.2 Å². The molecule has 0 aliphatic heterocycles. The van der Waals surface area contributed by atoms with Crippen molar-refractivity contribution >= 4 is 23.9 Å². The maximum absolute atomic E-state index is 13.2. The average molecular weight is 667 g/mol. The van der Waals surface area contributed by atoms with Crippen molar-refractivity contribution in [3.05, 3.63) is 142 Å². The van der Waals surface area contributed by atoms with Gasteiger partial charge in [0.15, 0.2) is 11.2 Å². The molecule has 0 saturated heterocycles. The van der Waals surface area contributed by atoms with Gasteiger partial charge in [0.1, 0.15) is 13.2 Å². The van der Waals surface area contributed by atoms with Crippen LogP contribution in [-0.2, 0) is 23.7 Å². The summed E-state index contributed by atoms with van der Waals surface area (Å²) in [5.41, 5.74) is 2.29. The summed E-state index contributed by atoms with van der Waals surface area (Å²) in [6.45, 7) is 9.59. The summed E-state index contributed by atoms with van der Waals surface area (Å²) in [6, 6.07) is 27.5. The van der Waals surface area contributed by atoms with Gasteiger partial charge in [0.25, 0.3) is 0 Å². The van der Waals surface area contributed by atoms with E-state index in [2.05, 4.69) is 0 Å². The van der Waals surface area contributed by atoms with Crippen LogP contribution in [-0.4, -0.2) is 61.5 Å². The van der Waals surface area contributed by atoms with Crippen LogP contribution in [0.15, 0.2) is 97.1 Å². The fourth-order valence-electron chi connectivity index (χ4n) is 4.61. The molecule has 49 heavy (non-hydrogen) atoms. The van der Waals surface area contributed by atoms with Crippen molar-refractivity contribution in [2.45, 2.75) is 52.7 Å². The third-order valence-corrected chi connectivity index (χ3v) is 7.66. The monoisotopic (exact) mass is 666 g/mol. The van der Waals surface area contributed by atoms with Crippen LogP contribution in [0.4, 0.5) is 0 Å². The molecule has 9 heteroatoms. The molecule has 0 radical (unpaired) electrons. The Morgan fingerprint density at radius 3 is 0.918 bits per heavy atom. The Kier molecular flexibility index (Phi) is 12.1. The smallest absolute Gasteiger partial charge is 0.338 e. The predicted molar refractivity (Wildman–Crippen MR) is 184 cm³/mol. The lowest BCUT2D eigenvalue weighted by molar-refractivity contribution is -0.123. The topological polar surface area (TPSA) is 114 Å². The number of carbonyl (C=O) groups excluding carboxylic acids is 4. The summed E-state index contributed by atoms with van der Waals surface area (Å²) < 4.78 is 29.0. The van der Waals surface area contributed by atoms with Gasteiger partial charge in [0, 0.05) is 0 Å². The van der Waals surface area contributed by atoms with E-state index in [1.54, 1.807) is 111 Å². The molecule has 0 aromatic heterocycles. The number of benzene rings is 4. The van der Waals surface area contributed by atoms with E-state index in [1.807, 2.05) is 27.7 Å². The van der Waals surface area contributed by atoms with Crippen LogP contribution in [0.25, 0.3) is 0 Å². The van der Waals surface area contributed by atoms with Gasteiger partial charge < -0.3 is 23.7 Å². The van der Waals surface area contributed by atoms with E-state index in [-0.39, 0.29) is 26.4 Å². The molecular weight excluding hydrogens is 624 g/mol. The highest BCUT2D eigenvalue weighted by atomic mass is 16.6. The highest BCUT2D eigenvalue weighted by Crippen LogP contribution is 2.22. The first-order valence-corrected chi connectivity index (χ1v) is 15.9. The Morgan fingerprint density at radius 1 is 0.408 bits per heavy atom. The van der Waals surface area contributed by atoms with Gasteiger partial charge in [-0.05, 0) is 90.1 Å². The summed E-state index contributed by atoms with van der Waals surface area (Å²) in [5.74, 6) is -2.48. The lowest BCUT2D eigenvalue weighted by Crippen LogP contribution is -2.46. The second kappa shape index (κ2) is 16.2. The lowest BCUT2D eigenvalue weighted by Gasteiger charge is -2.32. The van der Waals surface area contributed by atoms with Gasteiger partial charge in [-0.3, -0.25) is 0 Å². The summed E-state index contributed by atoms with van der Waals surface area (Å²) in [6.07, 6.45) is 0. The molecule has 4 aromatic carbocycles. The van der Waals surface area contributed by atoms with Gasteiger partial charge in [0.05, 0.1) is 35.5 Å². The van der Waals surface area contributed by atoms with Crippen LogP contribution in [0.5, 0.6) is 0 Å². The molecule has 2 atom stereocenters. The highest BCUT2D eigenvalue weighted by Gasteiger charge is 2.37. The molecule has 0 saturated carbocycles. The number of hydrogen-bond donors (Lipinski definition) is 0. The number of rotatable bonds is 14. The second-order valence-corrected chi connectivity index (χ2v) is 12.8. The molecule has 0 N–H and O–H groups in total. The predicted octanol–water partition coefficient (Wildman–Crippen LogP) is 7.18. The van der Waals surface area contributed by atoms with Gasteiger partial charge in [-0.1, -0.05) is 70.8 Å². The van der Waals surface area contributed by atoms with Gasteiger partial charge in [-0.2, -0.15) is 0 Å². The third-order valence-electron chi connectivity index (χ3n) is 7.66. The van der Waals surface area contributed by atoms with Gasteiger partial charge in [-0.25, -0.2) is 19.2 Å². The van der Waals surface area contributed by atoms with Gasteiger partial charge in [-0.15, -0.1) is 0 Å². The molecule has 2 unspecified atom stereocenters. The molecule has 4 rings (SSSR count). The lowest BCUT2D eigenvalue weighted by atomic mass is 10.1. The van der Waals surface area contributed by atoms with Crippen LogP contribution in [0, 0.1) is 27.7 Å². The number of carbonyl (C=O) groups is 4. The SMILES string of the molecule is Cc1ccc(C(=O)OCC(C)(COCC(C)(COC(=O)c2ccc(C)cc2)OC(=O)c2ccc(C)cc2)OC(=O)c2ccc(C)cc2)cc1. The minimum Gasteiger partial charge on any atom is -0.458 e. The Bertz CT molecular complexity index is 1610. The van der Waals surface area contributed by atoms with E-state index in [0.29, 0.717) is 22.3 Å². The summed E-state index contributed by atoms with van der Waals surface area (Å²) in [7, 11) is 0. The van der Waals surface area contributed by atoms with Crippen LogP contribution < -0.4 is 0 Å². The van der Waals surface area contributed by atoms with Crippen molar-refractivity contribution in [3.8, 4) is 0 Å². The number of ether oxygens (including phenoxy) is 5. The van der Waals surface area contributed by atoms with Crippen LogP contribution in [0.1, 0.15) is 77.5 Å². The van der Waals surface area contributed by atoms with Crippen molar-refractivity contribution in [2.75, 3.05) is 26.4 Å². The molecule has 0 aliphatic carbocycles. The van der Waals surface area contributed by atoms with Crippen LogP contribution in [0.3, 0.4) is 0 Å². The largest absolute Gasteiger partial charge is 0.458 e. The van der Waals surface area contributed by atoms with Crippen LogP contribution in [0.2, 0.25) is 0 Å². The summed E-state index contributed by atoms with van der Waals surface area (Å²) in [5, 5.41) is 0. The fraction of sp³-hybridized carbons (Fsp3) is 0.300. The average Bonchev–Trinajstić information content (AvgIpc) is 3.07. The van der Waals surface area contributed by atoms with Crippen molar-refractivity contribution in [3.63, 3.8) is 0 Å². The molecule has 4 aromatic rings. The summed E-state index contributed by atoms with van der Waals surface area (Å²) in [4.78, 5) is 52.2. The van der Waals surface area contributed by atoms with Gasteiger partial charge >= 0.3 is 23.9 Å². The molecular formula is C40H42O9. The second-order valence-electron chi connectivity index (χ2n) is 12.8. The minimum absolute atomic E-state index is 0.255. The molecule has 256 valence electrons. The van der Waals surface area contributed by atoms with Gasteiger partial charge in [0.2, 0.25) is 0 Å². The van der Waals surface area contributed by atoms with Crippen molar-refractivity contribution in [1.29, 1.82) is 0 Å². The molecule has 0 spiro atoms. The van der Waals surface area contributed by atoms with Crippen LogP contribution >= 0.6 is 0 Å².